The largest absolute Gasteiger partial charge is 0.379 e. The first-order valence-corrected chi connectivity index (χ1v) is 12.7. The van der Waals surface area contributed by atoms with Crippen molar-refractivity contribution in [2.45, 2.75) is 60.0 Å². The number of rotatable bonds is 20. The van der Waals surface area contributed by atoms with Crippen molar-refractivity contribution in [1.82, 2.24) is 16.0 Å². The molecule has 1 atom stereocenters. The molecule has 2 amide bonds. The zero-order valence-electron chi connectivity index (χ0n) is 23.8. The Morgan fingerprint density at radius 3 is 1.75 bits per heavy atom. The fourth-order valence-electron chi connectivity index (χ4n) is 1.87. The van der Waals surface area contributed by atoms with Crippen LogP contribution in [0.2, 0.25) is 0 Å². The van der Waals surface area contributed by atoms with Gasteiger partial charge in [-0.05, 0) is 51.9 Å². The molecule has 9 heteroatoms. The highest BCUT2D eigenvalue weighted by Gasteiger charge is 2.10. The van der Waals surface area contributed by atoms with Gasteiger partial charge in [0.15, 0.2) is 0 Å². The van der Waals surface area contributed by atoms with Crippen LogP contribution in [-0.2, 0) is 28.6 Å². The van der Waals surface area contributed by atoms with Crippen molar-refractivity contribution in [3.05, 3.63) is 38.0 Å². The molecular formula is C27H55N3O6. The number of allylic oxidation sites excluding steroid dienone is 2. The maximum atomic E-state index is 11.0. The van der Waals surface area contributed by atoms with Gasteiger partial charge < -0.3 is 30.2 Å². The van der Waals surface area contributed by atoms with Crippen molar-refractivity contribution in [2.75, 3.05) is 59.7 Å². The molecule has 3 N–H and O–H groups in total. The zero-order valence-corrected chi connectivity index (χ0v) is 23.8. The quantitative estimate of drug-likeness (QED) is 0.0980. The summed E-state index contributed by atoms with van der Waals surface area (Å²) < 4.78 is 17.0. The third kappa shape index (κ3) is 53.2. The lowest BCUT2D eigenvalue weighted by molar-refractivity contribution is -0.116. The third-order valence-electron chi connectivity index (χ3n) is 3.27. The van der Waals surface area contributed by atoms with Gasteiger partial charge in [0.1, 0.15) is 12.4 Å². The van der Waals surface area contributed by atoms with E-state index in [2.05, 4.69) is 35.7 Å². The first kappa shape index (κ1) is 43.7. The van der Waals surface area contributed by atoms with Gasteiger partial charge in [-0.15, -0.1) is 6.58 Å². The summed E-state index contributed by atoms with van der Waals surface area (Å²) in [5.74, 6) is -0.184. The summed E-state index contributed by atoms with van der Waals surface area (Å²) >= 11 is 0. The molecule has 1 unspecified atom stereocenters. The maximum Gasteiger partial charge on any atom is 0.243 e. The number of amides is 2. The van der Waals surface area contributed by atoms with Crippen LogP contribution in [0.5, 0.6) is 0 Å². The minimum absolute atomic E-state index is 0.149. The molecule has 0 bridgehead atoms. The number of carbonyl (C=O) groups excluding carboxylic acids is 3. The summed E-state index contributed by atoms with van der Waals surface area (Å²) in [7, 11) is 1.91. The summed E-state index contributed by atoms with van der Waals surface area (Å²) in [4.78, 5) is 30.2. The molecule has 0 spiro atoms. The Bertz CT molecular complexity index is 457. The van der Waals surface area contributed by atoms with Gasteiger partial charge in [0.05, 0.1) is 13.2 Å². The highest BCUT2D eigenvalue weighted by atomic mass is 16.6. The van der Waals surface area contributed by atoms with E-state index in [0.29, 0.717) is 65.2 Å². The molecule has 0 aliphatic carbocycles. The minimum atomic E-state index is -0.184. The Kier molecular flexibility index (Phi) is 60.4. The van der Waals surface area contributed by atoms with Gasteiger partial charge in [0.25, 0.3) is 0 Å². The Balaban J connectivity index is -0.000000247. The van der Waals surface area contributed by atoms with E-state index in [1.54, 1.807) is 6.08 Å². The smallest absolute Gasteiger partial charge is 0.243 e. The van der Waals surface area contributed by atoms with Crippen molar-refractivity contribution in [3.8, 4) is 0 Å². The molecule has 0 aliphatic rings. The fourth-order valence-corrected chi connectivity index (χ4v) is 1.87. The Hall–Kier alpha value is -2.33. The molecule has 0 heterocycles. The molecule has 0 aromatic carbocycles. The predicted octanol–water partition coefficient (Wildman–Crippen LogP) is 3.46. The lowest BCUT2D eigenvalue weighted by atomic mass is 10.3. The van der Waals surface area contributed by atoms with E-state index in [1.807, 2.05) is 41.7 Å². The monoisotopic (exact) mass is 517 g/mol. The molecule has 0 rings (SSSR count). The van der Waals surface area contributed by atoms with E-state index >= 15 is 0 Å². The fraction of sp³-hybridized carbons (Fsp3) is 0.667. The van der Waals surface area contributed by atoms with Crippen molar-refractivity contribution in [1.29, 1.82) is 0 Å². The normalized spacial score (nSPS) is 9.39. The lowest BCUT2D eigenvalue weighted by Gasteiger charge is -2.18. The number of nitrogens with one attached hydrogen (secondary N) is 3. The lowest BCUT2D eigenvalue weighted by Crippen LogP contribution is -2.29. The highest BCUT2D eigenvalue weighted by Crippen LogP contribution is 1.98. The highest BCUT2D eigenvalue weighted by molar-refractivity contribution is 5.86. The predicted molar refractivity (Wildman–Crippen MR) is 151 cm³/mol. The molecule has 0 radical (unpaired) electrons. The standard InChI is InChI=1S/C17H33N3O5.C3H4O.C3H6.2C2H6/c1-3-17(22)20-9-6-12-25-16(13-23-10-4-7-18-2)14-24-11-5-8-19-15-21;1-2-3-4;1-3-2;2*1-2/h3,15-16,18H,1,4-14H2,2H3,(H,19,21)(H,20,22);2-3H,1H2;3H,1H2,2H3;2*1-2H3. The molecule has 0 aliphatic heterocycles. The molecule has 0 aromatic rings. The van der Waals surface area contributed by atoms with E-state index in [9.17, 15) is 9.59 Å². The van der Waals surface area contributed by atoms with Crippen LogP contribution in [0, 0.1) is 0 Å². The Labute approximate surface area is 221 Å². The van der Waals surface area contributed by atoms with E-state index in [1.165, 1.54) is 12.2 Å². The average Bonchev–Trinajstić information content (AvgIpc) is 2.92. The summed E-state index contributed by atoms with van der Waals surface area (Å²) in [6, 6.07) is 0. The average molecular weight is 518 g/mol. The SMILES string of the molecule is C=CC.C=CC(=O)NCCCOC(COCCCNC)COCCCNC=O.C=CC=O.CC.CC. The summed E-state index contributed by atoms with van der Waals surface area (Å²) in [6.45, 7) is 24.4. The van der Waals surface area contributed by atoms with Gasteiger partial charge in [-0.3, -0.25) is 14.4 Å². The number of hydrogen-bond acceptors (Lipinski definition) is 7. The van der Waals surface area contributed by atoms with Gasteiger partial charge in [-0.1, -0.05) is 46.9 Å². The second-order valence-electron chi connectivity index (χ2n) is 6.15. The molecule has 36 heavy (non-hydrogen) atoms. The van der Waals surface area contributed by atoms with Gasteiger partial charge in [-0.25, -0.2) is 0 Å². The second-order valence-corrected chi connectivity index (χ2v) is 6.15. The molecule has 0 fully saturated rings. The van der Waals surface area contributed by atoms with Crippen LogP contribution in [0.15, 0.2) is 38.0 Å². The molecule has 0 saturated heterocycles. The summed E-state index contributed by atoms with van der Waals surface area (Å²) in [6.07, 6.45) is 7.76. The van der Waals surface area contributed by atoms with Crippen molar-refractivity contribution >= 4 is 18.6 Å². The Morgan fingerprint density at radius 2 is 1.33 bits per heavy atom. The van der Waals surface area contributed by atoms with Crippen LogP contribution in [0.25, 0.3) is 0 Å². The molecular weight excluding hydrogens is 462 g/mol. The van der Waals surface area contributed by atoms with E-state index in [4.69, 9.17) is 19.0 Å². The summed E-state index contributed by atoms with van der Waals surface area (Å²) in [5, 5.41) is 8.36. The maximum absolute atomic E-state index is 11.0. The van der Waals surface area contributed by atoms with Gasteiger partial charge in [0, 0.05) is 32.9 Å². The van der Waals surface area contributed by atoms with Crippen LogP contribution >= 0.6 is 0 Å². The number of hydrogen-bond donors (Lipinski definition) is 3. The molecule has 0 aromatic heterocycles. The van der Waals surface area contributed by atoms with Gasteiger partial charge in [-0.2, -0.15) is 0 Å². The van der Waals surface area contributed by atoms with Crippen molar-refractivity contribution < 1.29 is 28.6 Å². The number of aldehydes is 1. The minimum Gasteiger partial charge on any atom is -0.379 e. The third-order valence-corrected chi connectivity index (χ3v) is 3.27. The first-order valence-electron chi connectivity index (χ1n) is 12.7. The van der Waals surface area contributed by atoms with Crippen LogP contribution in [0.4, 0.5) is 0 Å². The van der Waals surface area contributed by atoms with E-state index in [0.717, 1.165) is 19.4 Å². The number of ether oxygens (including phenoxy) is 3. The van der Waals surface area contributed by atoms with Crippen molar-refractivity contribution in [2.24, 2.45) is 0 Å². The van der Waals surface area contributed by atoms with Crippen LogP contribution in [0.3, 0.4) is 0 Å². The van der Waals surface area contributed by atoms with E-state index in [-0.39, 0.29) is 12.0 Å². The van der Waals surface area contributed by atoms with Gasteiger partial charge >= 0.3 is 0 Å². The van der Waals surface area contributed by atoms with Gasteiger partial charge in [0.2, 0.25) is 12.3 Å². The topological polar surface area (TPSA) is 115 Å². The van der Waals surface area contributed by atoms with E-state index < -0.39 is 0 Å². The first-order chi connectivity index (χ1) is 17.6. The van der Waals surface area contributed by atoms with Crippen LogP contribution in [-0.4, -0.2) is 84.4 Å². The second kappa shape index (κ2) is 49.7. The van der Waals surface area contributed by atoms with Crippen molar-refractivity contribution in [3.63, 3.8) is 0 Å². The number of carbonyl (C=O) groups is 3. The van der Waals surface area contributed by atoms with Crippen LogP contribution in [0.1, 0.15) is 53.9 Å². The molecule has 9 nitrogen and oxygen atoms in total. The summed E-state index contributed by atoms with van der Waals surface area (Å²) in [5.41, 5.74) is 0. The van der Waals surface area contributed by atoms with Crippen LogP contribution < -0.4 is 16.0 Å². The Morgan fingerprint density at radius 1 is 0.861 bits per heavy atom. The zero-order chi connectivity index (χ0) is 28.7. The molecule has 0 saturated carbocycles. The molecule has 214 valence electrons.